The number of rotatable bonds is 5. The zero-order chi connectivity index (χ0) is 23.6. The van der Waals surface area contributed by atoms with Gasteiger partial charge in [0.2, 0.25) is 5.91 Å². The Bertz CT molecular complexity index is 1180. The molecule has 2 aromatic carbocycles. The molecule has 2 aliphatic heterocycles. The number of nitrogens with zero attached hydrogens (tertiary/aromatic N) is 1. The van der Waals surface area contributed by atoms with Gasteiger partial charge in [0.15, 0.2) is 0 Å². The van der Waals surface area contributed by atoms with Gasteiger partial charge < -0.3 is 15.0 Å². The van der Waals surface area contributed by atoms with Gasteiger partial charge in [-0.1, -0.05) is 6.92 Å². The molecule has 0 bridgehead atoms. The monoisotopic (exact) mass is 471 g/mol. The van der Waals surface area contributed by atoms with E-state index in [4.69, 9.17) is 4.74 Å². The Morgan fingerprint density at radius 3 is 2.67 bits per heavy atom. The van der Waals surface area contributed by atoms with Crippen molar-refractivity contribution in [2.75, 3.05) is 23.2 Å². The van der Waals surface area contributed by atoms with E-state index < -0.39 is 10.0 Å². The molecule has 0 aliphatic carbocycles. The van der Waals surface area contributed by atoms with Gasteiger partial charge in [0, 0.05) is 36.8 Å². The molecule has 1 atom stereocenters. The highest BCUT2D eigenvalue weighted by molar-refractivity contribution is 7.92. The lowest BCUT2D eigenvalue weighted by atomic mass is 9.97. The first kappa shape index (κ1) is 23.1. The second kappa shape index (κ2) is 9.43. The zero-order valence-corrected chi connectivity index (χ0v) is 19.7. The first-order valence-electron chi connectivity index (χ1n) is 11.3. The average Bonchev–Trinajstić information content (AvgIpc) is 2.78. The molecule has 2 aliphatic rings. The van der Waals surface area contributed by atoms with Gasteiger partial charge in [0.25, 0.3) is 15.9 Å². The molecule has 1 fully saturated rings. The van der Waals surface area contributed by atoms with E-state index in [-0.39, 0.29) is 22.8 Å². The summed E-state index contributed by atoms with van der Waals surface area (Å²) in [4.78, 5) is 26.9. The van der Waals surface area contributed by atoms with Crippen molar-refractivity contribution in [3.8, 4) is 5.75 Å². The minimum atomic E-state index is -3.91. The van der Waals surface area contributed by atoms with Crippen LogP contribution in [0.25, 0.3) is 0 Å². The van der Waals surface area contributed by atoms with Crippen LogP contribution in [-0.4, -0.2) is 44.3 Å². The lowest BCUT2D eigenvalue weighted by Crippen LogP contribution is -2.45. The zero-order valence-electron chi connectivity index (χ0n) is 18.9. The lowest BCUT2D eigenvalue weighted by molar-refractivity contribution is -0.115. The number of anilines is 2. The number of hydrogen-bond donors (Lipinski definition) is 2. The normalized spacial score (nSPS) is 18.3. The van der Waals surface area contributed by atoms with Crippen LogP contribution in [0.2, 0.25) is 0 Å². The van der Waals surface area contributed by atoms with Crippen LogP contribution in [0.1, 0.15) is 54.9 Å². The Balaban J connectivity index is 1.59. The highest BCUT2D eigenvalue weighted by atomic mass is 32.2. The van der Waals surface area contributed by atoms with E-state index >= 15 is 0 Å². The largest absolute Gasteiger partial charge is 0.493 e. The SMILES string of the molecule is CCC(=O)Nc1ccc(S(=O)(=O)Nc2ccc3c(c2)C(=O)N2CCCCC2CCO3)c(C)c1. The molecule has 176 valence electrons. The lowest BCUT2D eigenvalue weighted by Gasteiger charge is -2.37. The van der Waals surface area contributed by atoms with Crippen molar-refractivity contribution >= 4 is 33.2 Å². The molecule has 2 aromatic rings. The predicted octanol–water partition coefficient (Wildman–Crippen LogP) is 3.92. The van der Waals surface area contributed by atoms with Crippen LogP contribution in [0.4, 0.5) is 11.4 Å². The van der Waals surface area contributed by atoms with Crippen LogP contribution in [0.15, 0.2) is 41.3 Å². The molecule has 0 spiro atoms. The van der Waals surface area contributed by atoms with Crippen LogP contribution < -0.4 is 14.8 Å². The molecule has 33 heavy (non-hydrogen) atoms. The number of nitrogens with one attached hydrogen (secondary N) is 2. The second-order valence-corrected chi connectivity index (χ2v) is 10.1. The first-order chi connectivity index (χ1) is 15.8. The van der Waals surface area contributed by atoms with Crippen LogP contribution in [0.5, 0.6) is 5.75 Å². The number of benzene rings is 2. The summed E-state index contributed by atoms with van der Waals surface area (Å²) in [6.45, 7) is 4.64. The fourth-order valence-electron chi connectivity index (χ4n) is 4.40. The highest BCUT2D eigenvalue weighted by Gasteiger charge is 2.31. The molecular weight excluding hydrogens is 442 g/mol. The second-order valence-electron chi connectivity index (χ2n) is 8.48. The highest BCUT2D eigenvalue weighted by Crippen LogP contribution is 2.32. The number of piperidine rings is 1. The first-order valence-corrected chi connectivity index (χ1v) is 12.8. The Hall–Kier alpha value is -3.07. The van der Waals surface area contributed by atoms with Crippen LogP contribution >= 0.6 is 0 Å². The van der Waals surface area contributed by atoms with E-state index in [0.717, 1.165) is 25.7 Å². The molecule has 1 unspecified atom stereocenters. The molecule has 4 rings (SSSR count). The predicted molar refractivity (Wildman–Crippen MR) is 126 cm³/mol. The quantitative estimate of drug-likeness (QED) is 0.688. The van der Waals surface area contributed by atoms with Gasteiger partial charge in [-0.05, 0) is 68.1 Å². The summed E-state index contributed by atoms with van der Waals surface area (Å²) in [6.07, 6.45) is 4.16. The van der Waals surface area contributed by atoms with Crippen molar-refractivity contribution < 1.29 is 22.7 Å². The van der Waals surface area contributed by atoms with E-state index in [2.05, 4.69) is 10.0 Å². The summed E-state index contributed by atoms with van der Waals surface area (Å²) in [5.74, 6) is 0.202. The molecule has 9 heteroatoms. The summed E-state index contributed by atoms with van der Waals surface area (Å²) < 4.78 is 34.6. The third kappa shape index (κ3) is 4.98. The number of fused-ring (bicyclic) bond motifs is 2. The number of hydrogen-bond acceptors (Lipinski definition) is 5. The van der Waals surface area contributed by atoms with E-state index in [1.165, 1.54) is 6.07 Å². The summed E-state index contributed by atoms with van der Waals surface area (Å²) in [6, 6.07) is 9.60. The van der Waals surface area contributed by atoms with Gasteiger partial charge in [0.1, 0.15) is 5.75 Å². The average molecular weight is 472 g/mol. The molecule has 2 heterocycles. The fourth-order valence-corrected chi connectivity index (χ4v) is 5.68. The number of aryl methyl sites for hydroxylation is 1. The molecule has 2 amide bonds. The van der Waals surface area contributed by atoms with E-state index in [0.29, 0.717) is 47.8 Å². The summed E-state index contributed by atoms with van der Waals surface area (Å²) in [5.41, 5.74) is 1.70. The van der Waals surface area contributed by atoms with Gasteiger partial charge in [0.05, 0.1) is 17.1 Å². The van der Waals surface area contributed by atoms with Gasteiger partial charge in [-0.15, -0.1) is 0 Å². The minimum absolute atomic E-state index is 0.0995. The Labute approximate surface area is 194 Å². The molecule has 1 saturated heterocycles. The van der Waals surface area contributed by atoms with Gasteiger partial charge in [-0.2, -0.15) is 0 Å². The third-order valence-corrected chi connectivity index (χ3v) is 7.67. The van der Waals surface area contributed by atoms with E-state index in [1.807, 2.05) is 4.90 Å². The molecule has 2 N–H and O–H groups in total. The van der Waals surface area contributed by atoms with Gasteiger partial charge in [-0.25, -0.2) is 8.42 Å². The summed E-state index contributed by atoms with van der Waals surface area (Å²) in [5, 5.41) is 2.72. The van der Waals surface area contributed by atoms with E-state index in [1.54, 1.807) is 44.2 Å². The van der Waals surface area contributed by atoms with Crippen molar-refractivity contribution in [1.29, 1.82) is 0 Å². The molecular formula is C24H29N3O5S. The Morgan fingerprint density at radius 1 is 1.12 bits per heavy atom. The number of ether oxygens (including phenoxy) is 1. The summed E-state index contributed by atoms with van der Waals surface area (Å²) >= 11 is 0. The third-order valence-electron chi connectivity index (χ3n) is 6.13. The Kier molecular flexibility index (Phi) is 6.60. The molecule has 8 nitrogen and oxygen atoms in total. The maximum Gasteiger partial charge on any atom is 0.262 e. The van der Waals surface area contributed by atoms with E-state index in [9.17, 15) is 18.0 Å². The van der Waals surface area contributed by atoms with Crippen molar-refractivity contribution in [2.45, 2.75) is 56.9 Å². The van der Waals surface area contributed by atoms with Crippen molar-refractivity contribution in [2.24, 2.45) is 0 Å². The van der Waals surface area contributed by atoms with Gasteiger partial charge in [-0.3, -0.25) is 14.3 Å². The van der Waals surface area contributed by atoms with Gasteiger partial charge >= 0.3 is 0 Å². The molecule has 0 aromatic heterocycles. The van der Waals surface area contributed by atoms with Crippen LogP contribution in [-0.2, 0) is 14.8 Å². The van der Waals surface area contributed by atoms with Crippen molar-refractivity contribution in [3.05, 3.63) is 47.5 Å². The standard InChI is InChI=1S/C24H29N3O5S/c1-3-23(28)25-17-8-10-22(16(2)14-17)33(30,31)26-18-7-9-21-20(15-18)24(29)27-12-5-4-6-19(27)11-13-32-21/h7-10,14-15,19,26H,3-6,11-13H2,1-2H3,(H,25,28). The topological polar surface area (TPSA) is 105 Å². The molecule has 0 radical (unpaired) electrons. The molecule has 0 saturated carbocycles. The number of amides is 2. The van der Waals surface area contributed by atoms with Crippen molar-refractivity contribution in [1.82, 2.24) is 4.90 Å². The number of sulfonamides is 1. The van der Waals surface area contributed by atoms with Crippen molar-refractivity contribution in [3.63, 3.8) is 0 Å². The number of carbonyl (C=O) groups excluding carboxylic acids is 2. The smallest absolute Gasteiger partial charge is 0.262 e. The minimum Gasteiger partial charge on any atom is -0.493 e. The summed E-state index contributed by atoms with van der Waals surface area (Å²) in [7, 11) is -3.91. The van der Waals surface area contributed by atoms with Crippen LogP contribution in [0.3, 0.4) is 0 Å². The maximum absolute atomic E-state index is 13.3. The number of carbonyl (C=O) groups is 2. The fraction of sp³-hybridized carbons (Fsp3) is 0.417. The maximum atomic E-state index is 13.3. The van der Waals surface area contributed by atoms with Crippen LogP contribution in [0, 0.1) is 6.92 Å². The Morgan fingerprint density at radius 2 is 1.91 bits per heavy atom.